The number of hydrogen-bond acceptors (Lipinski definition) is 4. The van der Waals surface area contributed by atoms with Crippen LogP contribution in [-0.4, -0.2) is 33.9 Å². The maximum absolute atomic E-state index is 12.3. The molecule has 0 heterocycles. The first kappa shape index (κ1) is 18.2. The Labute approximate surface area is 130 Å². The van der Waals surface area contributed by atoms with Gasteiger partial charge in [-0.1, -0.05) is 44.2 Å². The van der Waals surface area contributed by atoms with Crippen LogP contribution in [-0.2, 0) is 20.7 Å². The highest BCUT2D eigenvalue weighted by atomic mass is 16.6. The summed E-state index contributed by atoms with van der Waals surface area (Å²) in [5.74, 6) is -3.33. The minimum atomic E-state index is -2.04. The Morgan fingerprint density at radius 1 is 1.23 bits per heavy atom. The molecule has 5 heteroatoms. The summed E-state index contributed by atoms with van der Waals surface area (Å²) in [7, 11) is 0. The standard InChI is InChI=1S/C17H24O5/c1-4-12(3)22-16(20)17(21,5-2)14(15(18)19)11-13-9-7-6-8-10-13/h6-10,12,14,21H,4-5,11H2,1-3H3,(H,18,19). The number of carbonyl (C=O) groups is 2. The van der Waals surface area contributed by atoms with Crippen molar-refractivity contribution in [1.82, 2.24) is 0 Å². The molecule has 0 aliphatic heterocycles. The molecule has 0 bridgehead atoms. The second kappa shape index (κ2) is 7.94. The number of hydrogen-bond donors (Lipinski definition) is 2. The number of carboxylic acid groups (broad SMARTS) is 1. The molecule has 2 N–H and O–H groups in total. The van der Waals surface area contributed by atoms with Gasteiger partial charge in [0, 0.05) is 0 Å². The largest absolute Gasteiger partial charge is 0.481 e. The lowest BCUT2D eigenvalue weighted by Gasteiger charge is -2.31. The second-order valence-corrected chi connectivity index (χ2v) is 5.48. The van der Waals surface area contributed by atoms with E-state index in [1.54, 1.807) is 38.1 Å². The Balaban J connectivity index is 3.03. The monoisotopic (exact) mass is 308 g/mol. The van der Waals surface area contributed by atoms with Gasteiger partial charge < -0.3 is 14.9 Å². The van der Waals surface area contributed by atoms with Crippen LogP contribution in [0.1, 0.15) is 39.2 Å². The Hall–Kier alpha value is -1.88. The molecular weight excluding hydrogens is 284 g/mol. The average Bonchev–Trinajstić information content (AvgIpc) is 2.52. The number of esters is 1. The zero-order valence-electron chi connectivity index (χ0n) is 13.3. The topological polar surface area (TPSA) is 83.8 Å². The smallest absolute Gasteiger partial charge is 0.339 e. The van der Waals surface area contributed by atoms with E-state index >= 15 is 0 Å². The highest BCUT2D eigenvalue weighted by Crippen LogP contribution is 2.28. The molecule has 0 spiro atoms. The molecule has 5 nitrogen and oxygen atoms in total. The van der Waals surface area contributed by atoms with Crippen LogP contribution in [0.3, 0.4) is 0 Å². The third-order valence-electron chi connectivity index (χ3n) is 3.93. The van der Waals surface area contributed by atoms with E-state index in [-0.39, 0.29) is 18.9 Å². The maximum Gasteiger partial charge on any atom is 0.339 e. The number of ether oxygens (including phenoxy) is 1. The normalized spacial score (nSPS) is 16.4. The van der Waals surface area contributed by atoms with Crippen LogP contribution in [0.2, 0.25) is 0 Å². The quantitative estimate of drug-likeness (QED) is 0.721. The summed E-state index contributed by atoms with van der Waals surface area (Å²) in [5, 5.41) is 20.1. The lowest BCUT2D eigenvalue weighted by atomic mass is 9.81. The zero-order chi connectivity index (χ0) is 16.8. The van der Waals surface area contributed by atoms with Crippen LogP contribution in [0, 0.1) is 5.92 Å². The molecule has 1 aromatic carbocycles. The predicted molar refractivity (Wildman–Crippen MR) is 82.4 cm³/mol. The van der Waals surface area contributed by atoms with Crippen molar-refractivity contribution in [1.29, 1.82) is 0 Å². The van der Waals surface area contributed by atoms with Gasteiger partial charge in [-0.25, -0.2) is 4.79 Å². The van der Waals surface area contributed by atoms with Crippen molar-refractivity contribution in [3.05, 3.63) is 35.9 Å². The summed E-state index contributed by atoms with van der Waals surface area (Å²) >= 11 is 0. The summed E-state index contributed by atoms with van der Waals surface area (Å²) in [6.45, 7) is 5.14. The van der Waals surface area contributed by atoms with Crippen LogP contribution in [0.4, 0.5) is 0 Å². The van der Waals surface area contributed by atoms with Crippen molar-refractivity contribution in [3.63, 3.8) is 0 Å². The van der Waals surface area contributed by atoms with E-state index < -0.39 is 23.5 Å². The molecule has 0 radical (unpaired) electrons. The van der Waals surface area contributed by atoms with Gasteiger partial charge in [0.15, 0.2) is 5.60 Å². The third-order valence-corrected chi connectivity index (χ3v) is 3.93. The van der Waals surface area contributed by atoms with Crippen molar-refractivity contribution >= 4 is 11.9 Å². The van der Waals surface area contributed by atoms with Gasteiger partial charge in [-0.05, 0) is 31.7 Å². The van der Waals surface area contributed by atoms with Crippen LogP contribution in [0.25, 0.3) is 0 Å². The number of carbonyl (C=O) groups excluding carboxylic acids is 1. The van der Waals surface area contributed by atoms with E-state index in [0.29, 0.717) is 6.42 Å². The average molecular weight is 308 g/mol. The first-order valence-electron chi connectivity index (χ1n) is 7.55. The maximum atomic E-state index is 12.3. The summed E-state index contributed by atoms with van der Waals surface area (Å²) < 4.78 is 5.17. The Kier molecular flexibility index (Phi) is 6.56. The molecule has 1 rings (SSSR count). The number of rotatable bonds is 8. The van der Waals surface area contributed by atoms with Gasteiger partial charge >= 0.3 is 11.9 Å². The molecule has 0 amide bonds. The molecule has 0 fully saturated rings. The molecule has 22 heavy (non-hydrogen) atoms. The molecule has 122 valence electrons. The van der Waals surface area contributed by atoms with E-state index in [2.05, 4.69) is 0 Å². The first-order chi connectivity index (χ1) is 10.3. The second-order valence-electron chi connectivity index (χ2n) is 5.48. The third kappa shape index (κ3) is 4.31. The number of benzene rings is 1. The van der Waals surface area contributed by atoms with E-state index in [1.807, 2.05) is 13.0 Å². The van der Waals surface area contributed by atoms with Crippen molar-refractivity contribution < 1.29 is 24.5 Å². The van der Waals surface area contributed by atoms with E-state index in [0.717, 1.165) is 5.56 Å². The summed E-state index contributed by atoms with van der Waals surface area (Å²) in [4.78, 5) is 23.9. The Bertz CT molecular complexity index is 499. The molecular formula is C17H24O5. The van der Waals surface area contributed by atoms with Gasteiger partial charge in [-0.2, -0.15) is 0 Å². The highest BCUT2D eigenvalue weighted by Gasteiger charge is 2.48. The van der Waals surface area contributed by atoms with E-state index in [9.17, 15) is 19.8 Å². The Morgan fingerprint density at radius 3 is 2.27 bits per heavy atom. The molecule has 1 aromatic rings. The van der Waals surface area contributed by atoms with Gasteiger partial charge in [-0.15, -0.1) is 0 Å². The van der Waals surface area contributed by atoms with Gasteiger partial charge in [-0.3, -0.25) is 4.79 Å². The van der Waals surface area contributed by atoms with Gasteiger partial charge in [0.05, 0.1) is 6.10 Å². The SMILES string of the molecule is CCC(C)OC(=O)C(O)(CC)C(Cc1ccccc1)C(=O)O. The van der Waals surface area contributed by atoms with Gasteiger partial charge in [0.2, 0.25) is 0 Å². The highest BCUT2D eigenvalue weighted by molar-refractivity contribution is 5.87. The first-order valence-corrected chi connectivity index (χ1v) is 7.55. The van der Waals surface area contributed by atoms with E-state index in [4.69, 9.17) is 4.74 Å². The number of carboxylic acids is 1. The molecule has 0 saturated heterocycles. The molecule has 0 aliphatic rings. The number of aliphatic hydroxyl groups is 1. The zero-order valence-corrected chi connectivity index (χ0v) is 13.3. The summed E-state index contributed by atoms with van der Waals surface area (Å²) in [6, 6.07) is 8.94. The molecule has 0 aromatic heterocycles. The fourth-order valence-electron chi connectivity index (χ4n) is 2.21. The molecule has 3 atom stereocenters. The van der Waals surface area contributed by atoms with Crippen molar-refractivity contribution in [2.24, 2.45) is 5.92 Å². The number of aliphatic carboxylic acids is 1. The van der Waals surface area contributed by atoms with Crippen LogP contribution in [0.15, 0.2) is 30.3 Å². The van der Waals surface area contributed by atoms with Crippen molar-refractivity contribution in [3.8, 4) is 0 Å². The predicted octanol–water partition coefficient (Wildman–Crippen LogP) is 2.41. The van der Waals surface area contributed by atoms with Crippen molar-refractivity contribution in [2.75, 3.05) is 0 Å². The van der Waals surface area contributed by atoms with Gasteiger partial charge in [0.25, 0.3) is 0 Å². The summed E-state index contributed by atoms with van der Waals surface area (Å²) in [5.41, 5.74) is -1.29. The lowest BCUT2D eigenvalue weighted by Crippen LogP contribution is -2.51. The lowest BCUT2D eigenvalue weighted by molar-refractivity contribution is -0.183. The molecule has 0 aliphatic carbocycles. The summed E-state index contributed by atoms with van der Waals surface area (Å²) in [6.07, 6.45) is 0.279. The van der Waals surface area contributed by atoms with Crippen LogP contribution < -0.4 is 0 Å². The Morgan fingerprint density at radius 2 is 1.82 bits per heavy atom. The van der Waals surface area contributed by atoms with Crippen LogP contribution in [0.5, 0.6) is 0 Å². The fraction of sp³-hybridized carbons (Fsp3) is 0.529. The van der Waals surface area contributed by atoms with Crippen molar-refractivity contribution in [2.45, 2.75) is 51.7 Å². The molecule has 0 saturated carbocycles. The van der Waals surface area contributed by atoms with Gasteiger partial charge in [0.1, 0.15) is 5.92 Å². The minimum Gasteiger partial charge on any atom is -0.481 e. The van der Waals surface area contributed by atoms with E-state index in [1.165, 1.54) is 0 Å². The molecule has 3 unspecified atom stereocenters. The minimum absolute atomic E-state index is 0.0218. The fourth-order valence-corrected chi connectivity index (χ4v) is 2.21. The van der Waals surface area contributed by atoms with Crippen LogP contribution >= 0.6 is 0 Å².